The number of fused-ring (bicyclic) bond motifs is 4. The van der Waals surface area contributed by atoms with Crippen molar-refractivity contribution in [1.29, 1.82) is 0 Å². The predicted octanol–water partition coefficient (Wildman–Crippen LogP) is -0.827. The Hall–Kier alpha value is -2.44. The van der Waals surface area contributed by atoms with Gasteiger partial charge in [0.15, 0.2) is 35.0 Å². The molecule has 0 saturated carbocycles. The monoisotopic (exact) mass is 723 g/mol. The lowest BCUT2D eigenvalue weighted by Crippen LogP contribution is -2.43. The van der Waals surface area contributed by atoms with Gasteiger partial charge in [-0.15, -0.1) is 16.9 Å². The fraction of sp³-hybridized carbons (Fsp3) is 0.526. The van der Waals surface area contributed by atoms with E-state index in [0.29, 0.717) is 11.2 Å². The van der Waals surface area contributed by atoms with Gasteiger partial charge in [-0.05, 0) is 18.2 Å². The quantitative estimate of drug-likeness (QED) is 0.0663. The van der Waals surface area contributed by atoms with Gasteiger partial charge in [0.05, 0.1) is 12.9 Å². The van der Waals surface area contributed by atoms with Crippen molar-refractivity contribution in [3.63, 3.8) is 0 Å². The van der Waals surface area contributed by atoms with Gasteiger partial charge in [0.1, 0.15) is 36.0 Å². The summed E-state index contributed by atoms with van der Waals surface area (Å²) in [6.07, 6.45) is -1.27. The van der Waals surface area contributed by atoms with E-state index < -0.39 is 54.6 Å². The number of nitrogens with two attached hydrogens (primary N) is 2. The zero-order valence-electron chi connectivity index (χ0n) is 22.3. The van der Waals surface area contributed by atoms with Gasteiger partial charge in [-0.1, -0.05) is 17.5 Å². The topological polar surface area (TPSA) is 296 Å². The summed E-state index contributed by atoms with van der Waals surface area (Å²) in [6, 6.07) is 0. The number of thiol groups is 1. The number of nitrogens with one attached hydrogen (secondary N) is 1. The largest absolute Gasteiger partial charge is 0.395 e. The minimum absolute atomic E-state index is 0.0514. The lowest BCUT2D eigenvalue weighted by molar-refractivity contribution is -0.452. The van der Waals surface area contributed by atoms with Crippen LogP contribution in [-0.2, 0) is 39.9 Å². The first kappa shape index (κ1) is 32.5. The molecule has 2 bridgehead atoms. The van der Waals surface area contributed by atoms with Gasteiger partial charge in [-0.2, -0.15) is 9.87 Å². The van der Waals surface area contributed by atoms with Crippen molar-refractivity contribution in [3.8, 4) is 0 Å². The van der Waals surface area contributed by atoms with E-state index in [9.17, 15) is 19.9 Å². The highest BCUT2D eigenvalue weighted by Gasteiger charge is 2.65. The number of rotatable bonds is 8. The Morgan fingerprint density at radius 1 is 1.31 bits per heavy atom. The third-order valence-corrected chi connectivity index (χ3v) is 10.0. The van der Waals surface area contributed by atoms with Gasteiger partial charge < -0.3 is 40.4 Å². The molecule has 242 valence electrons. The van der Waals surface area contributed by atoms with Gasteiger partial charge in [0, 0.05) is 5.25 Å². The van der Waals surface area contributed by atoms with E-state index in [0.717, 1.165) is 0 Å². The normalized spacial score (nSPS) is 30.6. The number of aliphatic hydroxyl groups is 2. The molecule has 26 heteroatoms. The maximum atomic E-state index is 12.2. The van der Waals surface area contributed by atoms with E-state index in [1.165, 1.54) is 33.7 Å². The van der Waals surface area contributed by atoms with E-state index in [1.807, 2.05) is 0 Å². The summed E-state index contributed by atoms with van der Waals surface area (Å²) in [6.45, 7) is -4.85. The molecule has 4 aromatic heterocycles. The smallest absolute Gasteiger partial charge is 0.325 e. The Kier molecular flexibility index (Phi) is 9.13. The number of H-pyrrole nitrogens is 1. The number of aliphatic hydroxyl groups excluding tert-OH is 2. The first-order valence-electron chi connectivity index (χ1n) is 12.6. The molecule has 7 rings (SSSR count). The van der Waals surface area contributed by atoms with Crippen LogP contribution in [0.15, 0.2) is 17.4 Å². The van der Waals surface area contributed by atoms with Crippen molar-refractivity contribution in [3.05, 3.63) is 23.0 Å². The molecule has 3 aliphatic heterocycles. The lowest BCUT2D eigenvalue weighted by Gasteiger charge is -2.31. The van der Waals surface area contributed by atoms with E-state index >= 15 is 0 Å². The maximum Gasteiger partial charge on any atom is 0.325 e. The van der Waals surface area contributed by atoms with E-state index in [4.69, 9.17) is 51.4 Å². The zero-order chi connectivity index (χ0) is 32.1. The first-order valence-corrected chi connectivity index (χ1v) is 18.1. The number of anilines is 2. The number of hydrogen-bond acceptors (Lipinski definition) is 19. The highest BCUT2D eigenvalue weighted by Crippen LogP contribution is 2.55. The fourth-order valence-electron chi connectivity index (χ4n) is 5.01. The van der Waals surface area contributed by atoms with E-state index in [2.05, 4.69) is 47.5 Å². The highest BCUT2D eigenvalue weighted by molar-refractivity contribution is 8.33. The molecule has 7 heterocycles. The second-order valence-electron chi connectivity index (χ2n) is 9.68. The van der Waals surface area contributed by atoms with Crippen LogP contribution in [0.1, 0.15) is 18.0 Å². The molecule has 8 atom stereocenters. The molecular weight excluding hydrogens is 700 g/mol. The molecule has 0 spiro atoms. The summed E-state index contributed by atoms with van der Waals surface area (Å²) in [4.78, 5) is 52.6. The van der Waals surface area contributed by atoms with Crippen molar-refractivity contribution in [1.82, 2.24) is 44.5 Å². The fourth-order valence-corrected chi connectivity index (χ4v) is 7.91. The van der Waals surface area contributed by atoms with Gasteiger partial charge in [0.2, 0.25) is 13.6 Å². The summed E-state index contributed by atoms with van der Waals surface area (Å²) in [5.74, 6) is -1.86. The molecule has 0 radical (unpaired) electrons. The number of hydrogen-bond donors (Lipinski definition) is 7. The average molecular weight is 724 g/mol. The number of aromatic amines is 1. The van der Waals surface area contributed by atoms with Crippen LogP contribution in [0.3, 0.4) is 0 Å². The molecule has 4 aromatic rings. The molecule has 3 fully saturated rings. The third-order valence-electron chi connectivity index (χ3n) is 6.96. The number of ether oxygens (including phenoxy) is 1. The molecule has 0 aromatic carbocycles. The SMILES string of the molecule is Nc1nc2c(nnn2[C@@H]2S[C@H](CO)C[C@H]2OP(O)(=S)OC[C@@]23OO[C@@H]([C@H](n4cnc5c(N)ncnc54)O2)[C@@H]3O)c(=O)[nH]1.O=PS. The van der Waals surface area contributed by atoms with Gasteiger partial charge in [-0.3, -0.25) is 18.9 Å². The molecule has 8 N–H and O–H groups in total. The van der Waals surface area contributed by atoms with Crippen LogP contribution in [-0.4, -0.2) is 102 Å². The van der Waals surface area contributed by atoms with Crippen LogP contribution in [0.5, 0.6) is 0 Å². The second-order valence-corrected chi connectivity index (χ2v) is 14.5. The number of nitrogens with zero attached hydrogens (tertiary/aromatic N) is 8. The van der Waals surface area contributed by atoms with Crippen LogP contribution in [0.25, 0.3) is 22.3 Å². The van der Waals surface area contributed by atoms with Crippen molar-refractivity contribution >= 4 is 84.3 Å². The number of nitrogen functional groups attached to an aromatic ring is 2. The Morgan fingerprint density at radius 2 is 2.09 bits per heavy atom. The minimum atomic E-state index is -4.06. The summed E-state index contributed by atoms with van der Waals surface area (Å²) in [7, 11) is -0.139. The minimum Gasteiger partial charge on any atom is -0.395 e. The number of imidazole rings is 1. The van der Waals surface area contributed by atoms with Crippen LogP contribution < -0.4 is 17.0 Å². The van der Waals surface area contributed by atoms with Crippen LogP contribution in [0.2, 0.25) is 0 Å². The van der Waals surface area contributed by atoms with Crippen LogP contribution in [0, 0.1) is 0 Å². The Morgan fingerprint density at radius 3 is 2.84 bits per heavy atom. The third kappa shape index (κ3) is 5.95. The lowest BCUT2D eigenvalue weighted by atomic mass is 10.1. The maximum absolute atomic E-state index is 12.2. The van der Waals surface area contributed by atoms with Crippen molar-refractivity contribution < 1.29 is 43.2 Å². The standard InChI is InChI=1S/C19H22N11O9PS2.HOPS/c20-12-8-13(23-4-22-12)29(5-24-8)16-10-11(32)19(36-16,39-37-10)3-35-40(34,41)38-7-1-6(2-31)42-17(7)30-14-9(27-28-30)15(33)26-18(21)25-14;1-2-3/h4-7,10-11,16-17,31-32H,1-3H2,(H,34,41)(H2,20,22,23)(H3,21,25,26,33);(H,1,3)/t6-,7+,10+,11-,16+,17+,19-,40?;/m0./s1. The van der Waals surface area contributed by atoms with Gasteiger partial charge in [-0.25, -0.2) is 24.5 Å². The molecule has 3 saturated heterocycles. The number of thioether (sulfide) groups is 1. The Labute approximate surface area is 266 Å². The Balaban J connectivity index is 0.00000115. The second kappa shape index (κ2) is 12.6. The molecule has 21 nitrogen and oxygen atoms in total. The van der Waals surface area contributed by atoms with Crippen molar-refractivity contribution in [2.75, 3.05) is 24.7 Å². The summed E-state index contributed by atoms with van der Waals surface area (Å²) < 4.78 is 29.0. The summed E-state index contributed by atoms with van der Waals surface area (Å²) in [5.41, 5.74) is 11.7. The van der Waals surface area contributed by atoms with Gasteiger partial charge >= 0.3 is 6.72 Å². The van der Waals surface area contributed by atoms with E-state index in [1.54, 1.807) is 0 Å². The molecule has 3 aliphatic rings. The first-order chi connectivity index (χ1) is 21.5. The summed E-state index contributed by atoms with van der Waals surface area (Å²) in [5, 5.41) is 27.6. The number of aromatic nitrogens is 9. The average Bonchev–Trinajstić information content (AvgIpc) is 3.81. The van der Waals surface area contributed by atoms with Crippen LogP contribution >= 0.6 is 38.4 Å². The zero-order valence-corrected chi connectivity index (χ0v) is 26.6. The van der Waals surface area contributed by atoms with Crippen molar-refractivity contribution in [2.45, 2.75) is 47.4 Å². The Bertz CT molecular complexity index is 1850. The van der Waals surface area contributed by atoms with E-state index in [-0.39, 0.29) is 48.9 Å². The molecule has 0 amide bonds. The van der Waals surface area contributed by atoms with Gasteiger partial charge in [0.25, 0.3) is 11.3 Å². The molecular formula is C19H23N11O10P2S3. The highest BCUT2D eigenvalue weighted by atomic mass is 32.7. The predicted molar refractivity (Wildman–Crippen MR) is 161 cm³/mol. The van der Waals surface area contributed by atoms with Crippen LogP contribution in [0.4, 0.5) is 11.8 Å². The van der Waals surface area contributed by atoms with Crippen molar-refractivity contribution in [2.24, 2.45) is 0 Å². The summed E-state index contributed by atoms with van der Waals surface area (Å²) >= 11 is 9.74. The molecule has 0 aliphatic carbocycles. The molecule has 45 heavy (non-hydrogen) atoms. The molecule has 1 unspecified atom stereocenters.